The number of para-hydroxylation sites is 2. The first-order valence-electron chi connectivity index (χ1n) is 14.7. The van der Waals surface area contributed by atoms with E-state index in [0.717, 1.165) is 22.6 Å². The second-order valence-electron chi connectivity index (χ2n) is 10.6. The number of hydrogen-bond acceptors (Lipinski definition) is 8. The number of aromatic carboxylic acids is 2. The Bertz CT molecular complexity index is 1570. The number of hydrogen-bond donors (Lipinski definition) is 0. The zero-order chi connectivity index (χ0) is 31.4. The molecule has 8 nitrogen and oxygen atoms in total. The Morgan fingerprint density at radius 3 is 1.38 bits per heavy atom. The molecule has 0 radical (unpaired) electrons. The summed E-state index contributed by atoms with van der Waals surface area (Å²) in [6.45, 7) is 8.48. The van der Waals surface area contributed by atoms with Crippen LogP contribution in [0.1, 0.15) is 94.0 Å². The number of carboxylic acid groups (broad SMARTS) is 2. The average molecular weight is 790 g/mol. The first kappa shape index (κ1) is 33.9. The Hall–Kier alpha value is -3.97. The zero-order valence-electron chi connectivity index (χ0n) is 25.5. The van der Waals surface area contributed by atoms with Crippen molar-refractivity contribution < 1.29 is 59.8 Å². The molecule has 0 N–H and O–H groups in total. The van der Waals surface area contributed by atoms with E-state index >= 15 is 0 Å². The van der Waals surface area contributed by atoms with Crippen LogP contribution in [-0.4, -0.2) is 25.2 Å². The maximum Gasteiger partial charge on any atom is 2.00 e. The fraction of sp³-hybridized carbons (Fsp3) is 0.278. The summed E-state index contributed by atoms with van der Waals surface area (Å²) < 4.78 is 22.8. The molecule has 0 aromatic heterocycles. The molecule has 6 rings (SSSR count). The third-order valence-electron chi connectivity index (χ3n) is 7.84. The van der Waals surface area contributed by atoms with Gasteiger partial charge in [0.1, 0.15) is 23.0 Å². The van der Waals surface area contributed by atoms with Crippen LogP contribution >= 0.6 is 0 Å². The van der Waals surface area contributed by atoms with Crippen molar-refractivity contribution in [3.8, 4) is 23.0 Å². The van der Waals surface area contributed by atoms with Crippen LogP contribution in [0.2, 0.25) is 0 Å². The van der Waals surface area contributed by atoms with Gasteiger partial charge in [0.25, 0.3) is 0 Å². The molecular formula is C36H34O8Pt. The normalized spacial score (nSPS) is 13.4. The van der Waals surface area contributed by atoms with Crippen molar-refractivity contribution in [2.24, 2.45) is 0 Å². The van der Waals surface area contributed by atoms with Crippen LogP contribution in [0.25, 0.3) is 0 Å². The first-order chi connectivity index (χ1) is 21.2. The van der Waals surface area contributed by atoms with E-state index in [1.54, 1.807) is 12.1 Å². The molecule has 2 atom stereocenters. The fourth-order valence-corrected chi connectivity index (χ4v) is 5.79. The molecule has 4 aromatic rings. The maximum absolute atomic E-state index is 11.7. The largest absolute Gasteiger partial charge is 2.00 e. The smallest absolute Gasteiger partial charge is 0.545 e. The van der Waals surface area contributed by atoms with Crippen LogP contribution in [0, 0.1) is 0 Å². The van der Waals surface area contributed by atoms with Gasteiger partial charge in [-0.05, 0) is 74.2 Å². The van der Waals surface area contributed by atoms with Gasteiger partial charge in [-0.25, -0.2) is 0 Å². The van der Waals surface area contributed by atoms with Gasteiger partial charge in [0.05, 0.1) is 24.1 Å². The van der Waals surface area contributed by atoms with E-state index in [-0.39, 0.29) is 44.4 Å². The Kier molecular flexibility index (Phi) is 11.2. The number of carboxylic acids is 2. The Balaban J connectivity index is 0.000000200. The van der Waals surface area contributed by atoms with Gasteiger partial charge in [-0.2, -0.15) is 0 Å². The summed E-state index contributed by atoms with van der Waals surface area (Å²) in [7, 11) is 0. The molecule has 2 aliphatic rings. The summed E-state index contributed by atoms with van der Waals surface area (Å²) >= 11 is 0. The third-order valence-corrected chi connectivity index (χ3v) is 7.84. The van der Waals surface area contributed by atoms with Crippen molar-refractivity contribution in [2.75, 3.05) is 13.2 Å². The van der Waals surface area contributed by atoms with E-state index in [4.69, 9.17) is 18.9 Å². The molecular weight excluding hydrogens is 755 g/mol. The van der Waals surface area contributed by atoms with E-state index in [2.05, 4.69) is 0 Å². The molecule has 0 amide bonds. The molecule has 0 saturated heterocycles. The molecule has 9 heteroatoms. The number of carbonyl (C=O) groups is 2. The van der Waals surface area contributed by atoms with Crippen molar-refractivity contribution >= 4 is 11.9 Å². The molecule has 0 saturated carbocycles. The van der Waals surface area contributed by atoms with Crippen molar-refractivity contribution in [3.05, 3.63) is 117 Å². The van der Waals surface area contributed by atoms with Gasteiger partial charge in [0, 0.05) is 48.3 Å². The molecule has 0 spiro atoms. The van der Waals surface area contributed by atoms with Crippen LogP contribution < -0.4 is 19.7 Å². The Morgan fingerprint density at radius 2 is 1.02 bits per heavy atom. The zero-order valence-corrected chi connectivity index (χ0v) is 27.8. The minimum atomic E-state index is -1.19. The predicted molar refractivity (Wildman–Crippen MR) is 160 cm³/mol. The number of benzene rings is 4. The molecule has 0 fully saturated rings. The minimum Gasteiger partial charge on any atom is -0.545 e. The van der Waals surface area contributed by atoms with Gasteiger partial charge in [-0.3, -0.25) is 0 Å². The monoisotopic (exact) mass is 789 g/mol. The van der Waals surface area contributed by atoms with E-state index in [1.165, 1.54) is 0 Å². The number of fused-ring (bicyclic) bond motifs is 4. The predicted octanol–water partition coefficient (Wildman–Crippen LogP) is 5.69. The van der Waals surface area contributed by atoms with E-state index in [0.29, 0.717) is 59.8 Å². The molecule has 236 valence electrons. The topological polar surface area (TPSA) is 117 Å². The molecule has 4 aromatic carbocycles. The fourth-order valence-electron chi connectivity index (χ4n) is 5.79. The van der Waals surface area contributed by atoms with Crippen LogP contribution in [0.15, 0.2) is 72.8 Å². The van der Waals surface area contributed by atoms with Gasteiger partial charge in [-0.1, -0.05) is 48.5 Å². The second kappa shape index (κ2) is 14.9. The van der Waals surface area contributed by atoms with Gasteiger partial charge in [0.15, 0.2) is 0 Å². The molecule has 2 heterocycles. The van der Waals surface area contributed by atoms with Crippen LogP contribution in [0.3, 0.4) is 0 Å². The van der Waals surface area contributed by atoms with E-state index in [9.17, 15) is 19.8 Å². The quantitative estimate of drug-likeness (QED) is 0.193. The van der Waals surface area contributed by atoms with Crippen molar-refractivity contribution in [1.29, 1.82) is 0 Å². The summed E-state index contributed by atoms with van der Waals surface area (Å²) in [4.78, 5) is 23.4. The summed E-state index contributed by atoms with van der Waals surface area (Å²) in [5.41, 5.74) is 4.89. The Labute approximate surface area is 277 Å². The number of rotatable bonds is 8. The van der Waals surface area contributed by atoms with Gasteiger partial charge >= 0.3 is 21.1 Å². The summed E-state index contributed by atoms with van der Waals surface area (Å²) in [6, 6.07) is 22.4. The summed E-state index contributed by atoms with van der Waals surface area (Å²) in [6.07, 6.45) is 0.420. The van der Waals surface area contributed by atoms with E-state index in [1.807, 2.05) is 88.4 Å². The standard InChI is InChI=1S/2C18H18O4.Pt/c2*1-3-21-11(2)13-8-9-16-14(17(13)18(19)20)10-12-6-4-5-7-15(12)22-16;/h2*4-9,11H,3,10H2,1-2H3,(H,19,20);/q;;+2/p-2. The van der Waals surface area contributed by atoms with Gasteiger partial charge < -0.3 is 38.7 Å². The summed E-state index contributed by atoms with van der Waals surface area (Å²) in [5.74, 6) is 0.299. The van der Waals surface area contributed by atoms with Gasteiger partial charge in [0.2, 0.25) is 0 Å². The number of ether oxygens (including phenoxy) is 4. The van der Waals surface area contributed by atoms with Crippen LogP contribution in [0.4, 0.5) is 0 Å². The second-order valence-corrected chi connectivity index (χ2v) is 10.6. The van der Waals surface area contributed by atoms with Crippen molar-refractivity contribution in [1.82, 2.24) is 0 Å². The van der Waals surface area contributed by atoms with Crippen molar-refractivity contribution in [2.45, 2.75) is 52.7 Å². The molecule has 2 unspecified atom stereocenters. The molecule has 45 heavy (non-hydrogen) atoms. The maximum atomic E-state index is 11.7. The van der Waals surface area contributed by atoms with Gasteiger partial charge in [-0.15, -0.1) is 0 Å². The number of carbonyl (C=O) groups excluding carboxylic acids is 2. The van der Waals surface area contributed by atoms with Crippen molar-refractivity contribution in [3.63, 3.8) is 0 Å². The molecule has 2 aliphatic heterocycles. The minimum absolute atomic E-state index is 0. The van der Waals surface area contributed by atoms with Crippen LogP contribution in [0.5, 0.6) is 23.0 Å². The SMILES string of the molecule is CCOC(C)c1ccc2c(c1C(=O)[O-])Cc1ccccc1O2.CCOC(C)c1ccc2c(c1C(=O)[O-])Cc1ccccc1O2.[Pt+2]. The molecule has 0 bridgehead atoms. The average Bonchev–Trinajstić information content (AvgIpc) is 3.01. The first-order valence-corrected chi connectivity index (χ1v) is 14.7. The van der Waals surface area contributed by atoms with Crippen LogP contribution in [-0.2, 0) is 43.4 Å². The third kappa shape index (κ3) is 7.14. The van der Waals surface area contributed by atoms with E-state index < -0.39 is 11.9 Å². The summed E-state index contributed by atoms with van der Waals surface area (Å²) in [5, 5.41) is 23.4. The molecule has 0 aliphatic carbocycles. The Morgan fingerprint density at radius 1 is 0.644 bits per heavy atom.